The summed E-state index contributed by atoms with van der Waals surface area (Å²) in [6.45, 7) is 2.94. The fraction of sp³-hybridized carbons (Fsp3) is 0.529. The molecule has 8 nitrogen and oxygen atoms in total. The van der Waals surface area contributed by atoms with E-state index in [-0.39, 0.29) is 28.7 Å². The Balaban J connectivity index is 2.44. The van der Waals surface area contributed by atoms with E-state index in [9.17, 15) is 18.0 Å². The first-order valence-corrected chi connectivity index (χ1v) is 9.71. The van der Waals surface area contributed by atoms with Crippen molar-refractivity contribution in [3.63, 3.8) is 0 Å². The highest BCUT2D eigenvalue weighted by molar-refractivity contribution is 7.89. The van der Waals surface area contributed by atoms with Crippen LogP contribution in [-0.4, -0.2) is 64.7 Å². The van der Waals surface area contributed by atoms with Crippen LogP contribution in [0.3, 0.4) is 0 Å². The predicted octanol–water partition coefficient (Wildman–Crippen LogP) is 1.45. The van der Waals surface area contributed by atoms with Crippen molar-refractivity contribution in [3.05, 3.63) is 29.3 Å². The minimum Gasteiger partial charge on any atom is -0.465 e. The largest absolute Gasteiger partial charge is 0.465 e. The second kappa shape index (κ2) is 8.61. The molecular weight excluding hydrogens is 362 g/mol. The predicted molar refractivity (Wildman–Crippen MR) is 92.5 cm³/mol. The molecule has 2 rings (SSSR count). The molecule has 1 fully saturated rings. The smallest absolute Gasteiger partial charge is 0.337 e. The van der Waals surface area contributed by atoms with Gasteiger partial charge in [0.1, 0.15) is 0 Å². The van der Waals surface area contributed by atoms with Gasteiger partial charge >= 0.3 is 11.9 Å². The second-order valence-electron chi connectivity index (χ2n) is 5.81. The number of nitrogens with zero attached hydrogens (tertiary/aromatic N) is 1. The molecule has 0 spiro atoms. The quantitative estimate of drug-likeness (QED) is 0.683. The zero-order chi connectivity index (χ0) is 19.3. The Hall–Kier alpha value is -1.97. The number of hydrogen-bond acceptors (Lipinski definition) is 7. The Bertz CT molecular complexity index is 739. The summed E-state index contributed by atoms with van der Waals surface area (Å²) in [5.74, 6) is -1.48. The van der Waals surface area contributed by atoms with Crippen molar-refractivity contribution in [3.8, 4) is 0 Å². The zero-order valence-corrected chi connectivity index (χ0v) is 15.9. The molecule has 1 aliphatic rings. The first-order valence-electron chi connectivity index (χ1n) is 8.27. The molecule has 1 unspecified atom stereocenters. The van der Waals surface area contributed by atoms with Gasteiger partial charge in [-0.3, -0.25) is 0 Å². The number of rotatable bonds is 6. The summed E-state index contributed by atoms with van der Waals surface area (Å²) in [5.41, 5.74) is -0.0697. The maximum atomic E-state index is 13.0. The maximum absolute atomic E-state index is 13.0. The van der Waals surface area contributed by atoms with Crippen LogP contribution in [0.2, 0.25) is 0 Å². The Morgan fingerprint density at radius 1 is 1.12 bits per heavy atom. The Labute approximate surface area is 153 Å². The van der Waals surface area contributed by atoms with Crippen molar-refractivity contribution < 1.29 is 32.2 Å². The van der Waals surface area contributed by atoms with E-state index in [1.165, 1.54) is 36.7 Å². The third kappa shape index (κ3) is 4.40. The van der Waals surface area contributed by atoms with Crippen molar-refractivity contribution in [1.82, 2.24) is 4.31 Å². The van der Waals surface area contributed by atoms with Crippen molar-refractivity contribution in [1.29, 1.82) is 0 Å². The Kier molecular flexibility index (Phi) is 6.74. The van der Waals surface area contributed by atoms with Gasteiger partial charge in [0.2, 0.25) is 10.0 Å². The first kappa shape index (κ1) is 20.3. The summed E-state index contributed by atoms with van der Waals surface area (Å²) < 4.78 is 42.2. The summed E-state index contributed by atoms with van der Waals surface area (Å²) in [6, 6.07) is 3.66. The molecule has 9 heteroatoms. The number of hydrogen-bond donors (Lipinski definition) is 0. The third-order valence-electron chi connectivity index (χ3n) is 4.13. The van der Waals surface area contributed by atoms with Crippen LogP contribution in [0.15, 0.2) is 23.1 Å². The molecule has 144 valence electrons. The van der Waals surface area contributed by atoms with E-state index >= 15 is 0 Å². The van der Waals surface area contributed by atoms with Crippen LogP contribution in [-0.2, 0) is 24.2 Å². The summed E-state index contributed by atoms with van der Waals surface area (Å²) in [7, 11) is -1.55. The van der Waals surface area contributed by atoms with Gasteiger partial charge in [-0.15, -0.1) is 0 Å². The molecule has 0 amide bonds. The number of carbonyl (C=O) groups excluding carboxylic acids is 2. The van der Waals surface area contributed by atoms with Gasteiger partial charge in [-0.2, -0.15) is 4.31 Å². The third-order valence-corrected chi connectivity index (χ3v) is 5.97. The summed E-state index contributed by atoms with van der Waals surface area (Å²) in [6.07, 6.45) is 1.28. The highest BCUT2D eigenvalue weighted by Gasteiger charge is 2.32. The molecule has 0 saturated carbocycles. The second-order valence-corrected chi connectivity index (χ2v) is 7.75. The van der Waals surface area contributed by atoms with Crippen LogP contribution in [0.5, 0.6) is 0 Å². The van der Waals surface area contributed by atoms with E-state index in [1.54, 1.807) is 0 Å². The molecule has 1 aliphatic heterocycles. The highest BCUT2D eigenvalue weighted by atomic mass is 32.2. The summed E-state index contributed by atoms with van der Waals surface area (Å²) >= 11 is 0. The molecule has 0 N–H and O–H groups in total. The average molecular weight is 385 g/mol. The summed E-state index contributed by atoms with van der Waals surface area (Å²) in [5, 5.41) is 0. The Morgan fingerprint density at radius 2 is 1.69 bits per heavy atom. The molecule has 1 atom stereocenters. The number of esters is 2. The zero-order valence-electron chi connectivity index (χ0n) is 15.1. The van der Waals surface area contributed by atoms with E-state index in [0.717, 1.165) is 6.42 Å². The summed E-state index contributed by atoms with van der Waals surface area (Å²) in [4.78, 5) is 23.6. The number of ether oxygens (including phenoxy) is 3. The van der Waals surface area contributed by atoms with Crippen LogP contribution >= 0.6 is 0 Å². The van der Waals surface area contributed by atoms with Gasteiger partial charge in [-0.1, -0.05) is 0 Å². The minimum atomic E-state index is -3.90. The van der Waals surface area contributed by atoms with Gasteiger partial charge in [0.05, 0.1) is 36.3 Å². The number of sulfonamides is 1. The van der Waals surface area contributed by atoms with Crippen LogP contribution < -0.4 is 0 Å². The molecule has 1 saturated heterocycles. The molecule has 1 aromatic carbocycles. The van der Waals surface area contributed by atoms with Crippen molar-refractivity contribution >= 4 is 22.0 Å². The van der Waals surface area contributed by atoms with Crippen molar-refractivity contribution in [2.45, 2.75) is 30.8 Å². The van der Waals surface area contributed by atoms with E-state index in [4.69, 9.17) is 4.74 Å². The standard InChI is InChI=1S/C17H23NO7S/c1-4-25-14-6-5-7-18(11-14)26(21,22)15-9-12(16(19)23-2)8-13(10-15)17(20)24-3/h8-10,14H,4-7,11H2,1-3H3. The molecule has 1 heterocycles. The SMILES string of the molecule is CCOC1CCCN(S(=O)(=O)c2cc(C(=O)OC)cc(C(=O)OC)c2)C1. The van der Waals surface area contributed by atoms with Crippen molar-refractivity contribution in [2.75, 3.05) is 33.9 Å². The first-order chi connectivity index (χ1) is 12.3. The molecule has 1 aromatic rings. The van der Waals surface area contributed by atoms with Crippen LogP contribution in [0.1, 0.15) is 40.5 Å². The molecule has 26 heavy (non-hydrogen) atoms. The van der Waals surface area contributed by atoms with Gasteiger partial charge in [-0.25, -0.2) is 18.0 Å². The van der Waals surface area contributed by atoms with E-state index in [2.05, 4.69) is 9.47 Å². The normalized spacial score (nSPS) is 18.3. The van der Waals surface area contributed by atoms with E-state index < -0.39 is 22.0 Å². The monoisotopic (exact) mass is 385 g/mol. The molecule has 0 radical (unpaired) electrons. The van der Waals surface area contributed by atoms with E-state index in [1.807, 2.05) is 6.92 Å². The van der Waals surface area contributed by atoms with Crippen molar-refractivity contribution in [2.24, 2.45) is 0 Å². The lowest BCUT2D eigenvalue weighted by molar-refractivity contribution is 0.0265. The molecule has 0 aromatic heterocycles. The van der Waals surface area contributed by atoms with E-state index in [0.29, 0.717) is 19.6 Å². The number of benzene rings is 1. The molecular formula is C17H23NO7S. The van der Waals surface area contributed by atoms with Crippen LogP contribution in [0.4, 0.5) is 0 Å². The number of piperidine rings is 1. The fourth-order valence-electron chi connectivity index (χ4n) is 2.86. The van der Waals surface area contributed by atoms with Gasteiger partial charge in [0.25, 0.3) is 0 Å². The number of carbonyl (C=O) groups is 2. The highest BCUT2D eigenvalue weighted by Crippen LogP contribution is 2.24. The minimum absolute atomic E-state index is 0.0349. The van der Waals surface area contributed by atoms with Gasteiger partial charge < -0.3 is 14.2 Å². The number of methoxy groups -OCH3 is 2. The molecule has 0 bridgehead atoms. The van der Waals surface area contributed by atoms with Gasteiger partial charge in [0, 0.05) is 19.7 Å². The maximum Gasteiger partial charge on any atom is 0.337 e. The lowest BCUT2D eigenvalue weighted by atomic mass is 10.1. The topological polar surface area (TPSA) is 99.2 Å². The Morgan fingerprint density at radius 3 is 2.19 bits per heavy atom. The van der Waals surface area contributed by atoms with Gasteiger partial charge in [0.15, 0.2) is 0 Å². The van der Waals surface area contributed by atoms with Crippen LogP contribution in [0.25, 0.3) is 0 Å². The van der Waals surface area contributed by atoms with Gasteiger partial charge in [-0.05, 0) is 38.0 Å². The lowest BCUT2D eigenvalue weighted by Crippen LogP contribution is -2.43. The lowest BCUT2D eigenvalue weighted by Gasteiger charge is -2.31. The fourth-order valence-corrected chi connectivity index (χ4v) is 4.45. The molecule has 0 aliphatic carbocycles. The average Bonchev–Trinajstić information content (AvgIpc) is 2.66. The van der Waals surface area contributed by atoms with Crippen LogP contribution in [0, 0.1) is 0 Å².